The van der Waals surface area contributed by atoms with Gasteiger partial charge in [0, 0.05) is 11.5 Å². The third kappa shape index (κ3) is 3.90. The highest BCUT2D eigenvalue weighted by Gasteiger charge is 2.11. The first-order chi connectivity index (χ1) is 15.2. The highest BCUT2D eigenvalue weighted by molar-refractivity contribution is 7.98. The minimum absolute atomic E-state index is 0.123. The van der Waals surface area contributed by atoms with Crippen molar-refractivity contribution >= 4 is 33.6 Å². The Morgan fingerprint density at radius 1 is 0.871 bits per heavy atom. The van der Waals surface area contributed by atoms with Crippen LogP contribution >= 0.6 is 11.8 Å². The summed E-state index contributed by atoms with van der Waals surface area (Å²) in [5, 5.41) is 2.52. The number of thioether (sulfide) groups is 1. The summed E-state index contributed by atoms with van der Waals surface area (Å²) in [4.78, 5) is 24.7. The van der Waals surface area contributed by atoms with Crippen LogP contribution in [0.25, 0.3) is 32.9 Å². The van der Waals surface area contributed by atoms with Gasteiger partial charge in [-0.3, -0.25) is 4.79 Å². The number of fused-ring (bicyclic) bond motifs is 2. The molecule has 5 aromatic rings. The van der Waals surface area contributed by atoms with Gasteiger partial charge in [0.05, 0.1) is 34.3 Å². The summed E-state index contributed by atoms with van der Waals surface area (Å²) < 4.78 is 5.39. The average Bonchev–Trinajstić information content (AvgIpc) is 2.82. The largest absolute Gasteiger partial charge is 0.497 e. The second-order valence-electron chi connectivity index (χ2n) is 7.08. The van der Waals surface area contributed by atoms with Gasteiger partial charge in [0.2, 0.25) is 0 Å². The van der Waals surface area contributed by atoms with Gasteiger partial charge in [0.1, 0.15) is 11.6 Å². The van der Waals surface area contributed by atoms with E-state index in [4.69, 9.17) is 9.72 Å². The summed E-state index contributed by atoms with van der Waals surface area (Å²) in [5.41, 5.74) is 3.67. The minimum atomic E-state index is -0.123. The quantitative estimate of drug-likeness (QED) is 0.380. The lowest BCUT2D eigenvalue weighted by Gasteiger charge is -2.11. The first-order valence-corrected chi connectivity index (χ1v) is 10.8. The van der Waals surface area contributed by atoms with Crippen LogP contribution < -0.4 is 10.3 Å². The number of hydrogen-bond donors (Lipinski definition) is 1. The maximum atomic E-state index is 12.4. The molecule has 2 aromatic heterocycles. The lowest BCUT2D eigenvalue weighted by molar-refractivity contribution is 0.415. The first-order valence-electron chi connectivity index (χ1n) is 9.86. The summed E-state index contributed by atoms with van der Waals surface area (Å²) in [7, 11) is 1.65. The topological polar surface area (TPSA) is 67.9 Å². The molecular formula is C25H19N3O2S. The Balaban J connectivity index is 1.54. The van der Waals surface area contributed by atoms with Crippen molar-refractivity contribution in [3.63, 3.8) is 0 Å². The number of benzene rings is 3. The molecule has 0 spiro atoms. The van der Waals surface area contributed by atoms with Crippen LogP contribution in [0.4, 0.5) is 0 Å². The summed E-state index contributed by atoms with van der Waals surface area (Å²) in [5.74, 6) is 1.90. The highest BCUT2D eigenvalue weighted by Crippen LogP contribution is 2.34. The van der Waals surface area contributed by atoms with Gasteiger partial charge < -0.3 is 9.72 Å². The predicted octanol–water partition coefficient (Wildman–Crippen LogP) is 5.44. The molecule has 0 unspecified atom stereocenters. The molecule has 0 aliphatic carbocycles. The van der Waals surface area contributed by atoms with Crippen molar-refractivity contribution in [1.82, 2.24) is 15.0 Å². The van der Waals surface area contributed by atoms with Crippen molar-refractivity contribution in [2.24, 2.45) is 0 Å². The smallest absolute Gasteiger partial charge is 0.258 e. The molecule has 31 heavy (non-hydrogen) atoms. The maximum absolute atomic E-state index is 12.4. The molecule has 0 radical (unpaired) electrons. The summed E-state index contributed by atoms with van der Waals surface area (Å²) in [6, 6.07) is 25.6. The number of hydrogen-bond acceptors (Lipinski definition) is 5. The van der Waals surface area contributed by atoms with E-state index in [0.29, 0.717) is 22.5 Å². The summed E-state index contributed by atoms with van der Waals surface area (Å²) in [6.07, 6.45) is 0. The van der Waals surface area contributed by atoms with Crippen molar-refractivity contribution in [3.8, 4) is 16.9 Å². The minimum Gasteiger partial charge on any atom is -0.497 e. The van der Waals surface area contributed by atoms with Gasteiger partial charge in [-0.15, -0.1) is 0 Å². The second kappa shape index (κ2) is 8.24. The van der Waals surface area contributed by atoms with E-state index in [1.807, 2.05) is 54.6 Å². The molecule has 5 rings (SSSR count). The molecule has 0 saturated carbocycles. The van der Waals surface area contributed by atoms with Crippen LogP contribution in [-0.4, -0.2) is 22.1 Å². The zero-order chi connectivity index (χ0) is 21.2. The Morgan fingerprint density at radius 3 is 2.52 bits per heavy atom. The molecule has 3 aromatic carbocycles. The van der Waals surface area contributed by atoms with E-state index < -0.39 is 0 Å². The molecule has 0 aliphatic rings. The van der Waals surface area contributed by atoms with E-state index in [2.05, 4.69) is 28.2 Å². The van der Waals surface area contributed by atoms with Crippen LogP contribution in [0.3, 0.4) is 0 Å². The number of nitrogens with one attached hydrogen (secondary N) is 1. The molecule has 0 bridgehead atoms. The van der Waals surface area contributed by atoms with Crippen LogP contribution in [0.1, 0.15) is 5.82 Å². The Morgan fingerprint density at radius 2 is 1.68 bits per heavy atom. The predicted molar refractivity (Wildman–Crippen MR) is 126 cm³/mol. The molecule has 1 N–H and O–H groups in total. The molecule has 0 saturated heterocycles. The number of rotatable bonds is 5. The van der Waals surface area contributed by atoms with Gasteiger partial charge in [-0.05, 0) is 41.5 Å². The number of methoxy groups -OCH3 is 1. The Bertz CT molecular complexity index is 1450. The highest BCUT2D eigenvalue weighted by atomic mass is 32.2. The van der Waals surface area contributed by atoms with Crippen molar-refractivity contribution in [3.05, 3.63) is 95.0 Å². The number of pyridine rings is 1. The second-order valence-corrected chi connectivity index (χ2v) is 8.07. The van der Waals surface area contributed by atoms with Gasteiger partial charge in [0.15, 0.2) is 0 Å². The summed E-state index contributed by atoms with van der Waals surface area (Å²) >= 11 is 1.54. The van der Waals surface area contributed by atoms with Crippen LogP contribution in [0.2, 0.25) is 0 Å². The van der Waals surface area contributed by atoms with Gasteiger partial charge in [-0.2, -0.15) is 0 Å². The van der Waals surface area contributed by atoms with Gasteiger partial charge in [-0.25, -0.2) is 9.97 Å². The number of nitrogens with zero attached hydrogens (tertiary/aromatic N) is 2. The number of aromatic nitrogens is 3. The molecular weight excluding hydrogens is 406 g/mol. The van der Waals surface area contributed by atoms with Crippen LogP contribution in [-0.2, 0) is 5.75 Å². The van der Waals surface area contributed by atoms with Crippen molar-refractivity contribution in [2.75, 3.05) is 7.11 Å². The third-order valence-corrected chi connectivity index (χ3v) is 6.02. The molecule has 152 valence electrons. The zero-order valence-electron chi connectivity index (χ0n) is 16.8. The van der Waals surface area contributed by atoms with Crippen LogP contribution in [0, 0.1) is 0 Å². The SMILES string of the molecule is COc1ccc2c(-c3ccccc3)cc(SCc3nc4ccccc4c(=O)[nH]3)nc2c1. The Kier molecular flexibility index (Phi) is 5.14. The van der Waals surface area contributed by atoms with Crippen molar-refractivity contribution in [2.45, 2.75) is 10.8 Å². The Hall–Kier alpha value is -3.64. The van der Waals surface area contributed by atoms with Gasteiger partial charge >= 0.3 is 0 Å². The fourth-order valence-electron chi connectivity index (χ4n) is 3.59. The standard InChI is InChI=1S/C25H19N3O2S/c1-30-17-11-12-18-20(16-7-3-2-4-8-16)14-24(27-22(18)13-17)31-15-23-26-21-10-6-5-9-19(21)25(29)28-23/h2-14H,15H2,1H3,(H,26,28,29). The lowest BCUT2D eigenvalue weighted by Crippen LogP contribution is -2.11. The van der Waals surface area contributed by atoms with E-state index in [0.717, 1.165) is 32.8 Å². The van der Waals surface area contributed by atoms with E-state index >= 15 is 0 Å². The van der Waals surface area contributed by atoms with E-state index in [1.165, 1.54) is 0 Å². The Labute approximate surface area is 183 Å². The van der Waals surface area contributed by atoms with E-state index in [1.54, 1.807) is 24.9 Å². The van der Waals surface area contributed by atoms with Gasteiger partial charge in [-0.1, -0.05) is 54.2 Å². The molecule has 2 heterocycles. The summed E-state index contributed by atoms with van der Waals surface area (Å²) in [6.45, 7) is 0. The fraction of sp³-hybridized carbons (Fsp3) is 0.0800. The normalized spacial score (nSPS) is 11.1. The number of ether oxygens (including phenoxy) is 1. The monoisotopic (exact) mass is 425 g/mol. The first kappa shape index (κ1) is 19.3. The lowest BCUT2D eigenvalue weighted by atomic mass is 10.0. The third-order valence-electron chi connectivity index (χ3n) is 5.10. The molecule has 0 aliphatic heterocycles. The fourth-order valence-corrected chi connectivity index (χ4v) is 4.37. The van der Waals surface area contributed by atoms with Crippen molar-refractivity contribution < 1.29 is 4.74 Å². The molecule has 0 amide bonds. The van der Waals surface area contributed by atoms with Crippen LogP contribution in [0.5, 0.6) is 5.75 Å². The number of H-pyrrole nitrogens is 1. The van der Waals surface area contributed by atoms with Crippen LogP contribution in [0.15, 0.2) is 88.7 Å². The molecule has 0 atom stereocenters. The molecule has 0 fully saturated rings. The average molecular weight is 426 g/mol. The maximum Gasteiger partial charge on any atom is 0.258 e. The number of para-hydroxylation sites is 1. The molecule has 5 nitrogen and oxygen atoms in total. The number of aromatic amines is 1. The van der Waals surface area contributed by atoms with E-state index in [-0.39, 0.29) is 5.56 Å². The van der Waals surface area contributed by atoms with Gasteiger partial charge in [0.25, 0.3) is 5.56 Å². The zero-order valence-corrected chi connectivity index (χ0v) is 17.6. The van der Waals surface area contributed by atoms with Crippen molar-refractivity contribution in [1.29, 1.82) is 0 Å². The van der Waals surface area contributed by atoms with E-state index in [9.17, 15) is 4.79 Å². The molecule has 6 heteroatoms.